The van der Waals surface area contributed by atoms with Crippen molar-refractivity contribution in [2.45, 2.75) is 63.3 Å². The fraction of sp³-hybridized carbons (Fsp3) is 0.667. The highest BCUT2D eigenvalue weighted by atomic mass is 19.3. The Bertz CT molecular complexity index is 923. The average molecular weight is 386 g/mol. The number of alkyl halides is 2. The lowest BCUT2D eigenvalue weighted by molar-refractivity contribution is -0.0119. The summed E-state index contributed by atoms with van der Waals surface area (Å²) in [4.78, 5) is 17.6. The molecule has 4 bridgehead atoms. The molecule has 28 heavy (non-hydrogen) atoms. The van der Waals surface area contributed by atoms with Gasteiger partial charge in [-0.3, -0.25) is 4.79 Å². The molecule has 0 radical (unpaired) electrons. The summed E-state index contributed by atoms with van der Waals surface area (Å²) in [6.07, 6.45) is 6.91. The third-order valence-corrected chi connectivity index (χ3v) is 7.51. The lowest BCUT2D eigenvalue weighted by Gasteiger charge is -2.54. The molecular formula is C21H24F2N4O. The maximum atomic E-state index is 13.6. The molecule has 148 valence electrons. The average Bonchev–Trinajstić information content (AvgIpc) is 3.42. The lowest BCUT2D eigenvalue weighted by Crippen LogP contribution is -2.55. The number of nitrogens with one attached hydrogen (secondary N) is 1. The van der Waals surface area contributed by atoms with Gasteiger partial charge in [-0.2, -0.15) is 5.10 Å². The fourth-order valence-electron chi connectivity index (χ4n) is 6.30. The molecule has 5 fully saturated rings. The molecule has 0 atom stereocenters. The van der Waals surface area contributed by atoms with Crippen molar-refractivity contribution in [1.29, 1.82) is 0 Å². The highest BCUT2D eigenvalue weighted by molar-refractivity contribution is 5.99. The van der Waals surface area contributed by atoms with Gasteiger partial charge in [0.1, 0.15) is 11.3 Å². The standard InChI is InChI=1S/C21H24F2N4O/c22-19(23)17-8-16(12-1-2-12)25-20-15(9-24-27(17)20)21(28)26-18-13-4-10-3-11(6-13)7-14(18)5-10/h8-14,18-19H,1-7H2,(H,26,28). The SMILES string of the molecule is O=C(NC1C2CC3CC(C2)CC1C3)c1cnn2c(C(F)F)cc(C3CC3)nc12. The van der Waals surface area contributed by atoms with E-state index >= 15 is 0 Å². The van der Waals surface area contributed by atoms with Crippen LogP contribution in [0.5, 0.6) is 0 Å². The van der Waals surface area contributed by atoms with Crippen LogP contribution in [-0.4, -0.2) is 26.5 Å². The highest BCUT2D eigenvalue weighted by Gasteiger charge is 2.48. The topological polar surface area (TPSA) is 59.3 Å². The van der Waals surface area contributed by atoms with Crippen LogP contribution in [-0.2, 0) is 0 Å². The molecule has 7 heteroatoms. The van der Waals surface area contributed by atoms with E-state index in [1.165, 1.54) is 44.4 Å². The Hall–Kier alpha value is -2.05. The number of carbonyl (C=O) groups excluding carboxylic acids is 1. The molecule has 0 saturated heterocycles. The molecule has 5 aliphatic rings. The van der Waals surface area contributed by atoms with Gasteiger partial charge in [0.05, 0.1) is 6.20 Å². The summed E-state index contributed by atoms with van der Waals surface area (Å²) in [5.41, 5.74) is 1.06. The second-order valence-corrected chi connectivity index (χ2v) is 9.40. The Kier molecular flexibility index (Phi) is 3.60. The number of halogens is 2. The van der Waals surface area contributed by atoms with Crippen LogP contribution in [0.15, 0.2) is 12.3 Å². The van der Waals surface area contributed by atoms with E-state index in [1.807, 2.05) is 0 Å². The molecule has 2 aromatic rings. The summed E-state index contributed by atoms with van der Waals surface area (Å²) in [7, 11) is 0. The number of nitrogens with zero attached hydrogens (tertiary/aromatic N) is 3. The van der Waals surface area contributed by atoms with E-state index < -0.39 is 6.43 Å². The first-order valence-electron chi connectivity index (χ1n) is 10.5. The van der Waals surface area contributed by atoms with E-state index in [-0.39, 0.29) is 29.2 Å². The molecule has 2 aromatic heterocycles. The first-order chi connectivity index (χ1) is 13.6. The van der Waals surface area contributed by atoms with Crippen LogP contribution < -0.4 is 5.32 Å². The Balaban J connectivity index is 1.33. The minimum Gasteiger partial charge on any atom is -0.349 e. The van der Waals surface area contributed by atoms with Crippen LogP contribution in [0.3, 0.4) is 0 Å². The van der Waals surface area contributed by atoms with Crippen LogP contribution >= 0.6 is 0 Å². The van der Waals surface area contributed by atoms with Crippen LogP contribution in [0.25, 0.3) is 5.65 Å². The molecule has 2 heterocycles. The smallest absolute Gasteiger partial charge is 0.280 e. The van der Waals surface area contributed by atoms with Crippen LogP contribution in [0.2, 0.25) is 0 Å². The third kappa shape index (κ3) is 2.58. The molecule has 1 amide bonds. The van der Waals surface area contributed by atoms with Crippen molar-refractivity contribution in [1.82, 2.24) is 19.9 Å². The summed E-state index contributed by atoms with van der Waals surface area (Å²) in [5, 5.41) is 7.33. The normalized spacial score (nSPS) is 33.8. The molecule has 5 nitrogen and oxygen atoms in total. The van der Waals surface area contributed by atoms with Gasteiger partial charge in [-0.15, -0.1) is 0 Å². The van der Waals surface area contributed by atoms with E-state index in [1.54, 1.807) is 0 Å². The highest BCUT2D eigenvalue weighted by Crippen LogP contribution is 2.53. The Morgan fingerprint density at radius 1 is 1.11 bits per heavy atom. The van der Waals surface area contributed by atoms with Crippen molar-refractivity contribution in [3.63, 3.8) is 0 Å². The molecule has 7 rings (SSSR count). The zero-order valence-corrected chi connectivity index (χ0v) is 15.7. The Morgan fingerprint density at radius 2 is 1.79 bits per heavy atom. The van der Waals surface area contributed by atoms with Gasteiger partial charge < -0.3 is 5.32 Å². The van der Waals surface area contributed by atoms with Crippen molar-refractivity contribution in [3.05, 3.63) is 29.2 Å². The van der Waals surface area contributed by atoms with E-state index in [2.05, 4.69) is 15.4 Å². The fourth-order valence-corrected chi connectivity index (χ4v) is 6.30. The molecule has 0 spiro atoms. The minimum atomic E-state index is -2.65. The number of fused-ring (bicyclic) bond motifs is 1. The third-order valence-electron chi connectivity index (χ3n) is 7.51. The summed E-state index contributed by atoms with van der Waals surface area (Å²) in [5.74, 6) is 2.82. The van der Waals surface area contributed by atoms with Crippen molar-refractivity contribution in [2.75, 3.05) is 0 Å². The van der Waals surface area contributed by atoms with Crippen LogP contribution in [0, 0.1) is 23.7 Å². The number of hydrogen-bond donors (Lipinski definition) is 1. The number of amides is 1. The second kappa shape index (κ2) is 5.97. The maximum Gasteiger partial charge on any atom is 0.280 e. The molecular weight excluding hydrogens is 362 g/mol. The quantitative estimate of drug-likeness (QED) is 0.861. The van der Waals surface area contributed by atoms with Gasteiger partial charge in [-0.1, -0.05) is 0 Å². The van der Waals surface area contributed by atoms with Crippen molar-refractivity contribution in [3.8, 4) is 0 Å². The predicted molar refractivity (Wildman–Crippen MR) is 98.2 cm³/mol. The lowest BCUT2D eigenvalue weighted by atomic mass is 9.54. The van der Waals surface area contributed by atoms with E-state index in [0.29, 0.717) is 23.1 Å². The Morgan fingerprint density at radius 3 is 2.39 bits per heavy atom. The number of aromatic nitrogens is 3. The van der Waals surface area contributed by atoms with Crippen LogP contribution in [0.4, 0.5) is 8.78 Å². The maximum absolute atomic E-state index is 13.6. The van der Waals surface area contributed by atoms with Gasteiger partial charge in [0.2, 0.25) is 0 Å². The van der Waals surface area contributed by atoms with E-state index in [0.717, 1.165) is 29.2 Å². The minimum absolute atomic E-state index is 0.180. The molecule has 0 aromatic carbocycles. The number of hydrogen-bond acceptors (Lipinski definition) is 3. The van der Waals surface area contributed by atoms with Gasteiger partial charge in [-0.25, -0.2) is 18.3 Å². The van der Waals surface area contributed by atoms with Crippen LogP contribution in [0.1, 0.15) is 79.0 Å². The first-order valence-corrected chi connectivity index (χ1v) is 10.5. The largest absolute Gasteiger partial charge is 0.349 e. The van der Waals surface area contributed by atoms with Gasteiger partial charge in [0, 0.05) is 17.7 Å². The van der Waals surface area contributed by atoms with E-state index in [9.17, 15) is 13.6 Å². The number of carbonyl (C=O) groups is 1. The van der Waals surface area contributed by atoms with Crippen molar-refractivity contribution < 1.29 is 13.6 Å². The predicted octanol–water partition coefficient (Wildman–Crippen LogP) is 4.10. The zero-order chi connectivity index (χ0) is 19.0. The van der Waals surface area contributed by atoms with Gasteiger partial charge in [0.25, 0.3) is 12.3 Å². The van der Waals surface area contributed by atoms with Gasteiger partial charge in [-0.05, 0) is 74.7 Å². The van der Waals surface area contributed by atoms with Crippen molar-refractivity contribution in [2.24, 2.45) is 23.7 Å². The summed E-state index contributed by atoms with van der Waals surface area (Å²) in [6.45, 7) is 0. The number of rotatable bonds is 4. The zero-order valence-electron chi connectivity index (χ0n) is 15.7. The Labute approximate surface area is 161 Å². The monoisotopic (exact) mass is 386 g/mol. The van der Waals surface area contributed by atoms with E-state index in [4.69, 9.17) is 0 Å². The van der Waals surface area contributed by atoms with Gasteiger partial charge in [0.15, 0.2) is 5.65 Å². The molecule has 5 aliphatic carbocycles. The molecule has 1 N–H and O–H groups in total. The first kappa shape index (κ1) is 16.9. The molecule has 0 unspecified atom stereocenters. The summed E-state index contributed by atoms with van der Waals surface area (Å²) >= 11 is 0. The summed E-state index contributed by atoms with van der Waals surface area (Å²) < 4.78 is 28.2. The molecule has 5 saturated carbocycles. The van der Waals surface area contributed by atoms with Crippen molar-refractivity contribution >= 4 is 11.6 Å². The van der Waals surface area contributed by atoms with Gasteiger partial charge >= 0.3 is 0 Å². The summed E-state index contributed by atoms with van der Waals surface area (Å²) in [6, 6.07) is 1.65. The molecule has 0 aliphatic heterocycles. The second-order valence-electron chi connectivity index (χ2n) is 9.40.